The number of amides is 1. The van der Waals surface area contributed by atoms with E-state index in [-0.39, 0.29) is 18.3 Å². The molecule has 0 bridgehead atoms. The summed E-state index contributed by atoms with van der Waals surface area (Å²) in [4.78, 5) is 14.1. The van der Waals surface area contributed by atoms with Crippen molar-refractivity contribution in [1.29, 1.82) is 0 Å². The summed E-state index contributed by atoms with van der Waals surface area (Å²) in [5.74, 6) is 0.677. The Morgan fingerprint density at radius 3 is 3.00 bits per heavy atom. The maximum atomic E-state index is 11.9. The van der Waals surface area contributed by atoms with E-state index in [4.69, 9.17) is 11.6 Å². The number of carbonyl (C=O) groups is 1. The molecule has 1 unspecified atom stereocenters. The highest BCUT2D eigenvalue weighted by Crippen LogP contribution is 2.17. The summed E-state index contributed by atoms with van der Waals surface area (Å²) >= 11 is 5.88. The van der Waals surface area contributed by atoms with Crippen molar-refractivity contribution in [3.63, 3.8) is 0 Å². The van der Waals surface area contributed by atoms with Crippen molar-refractivity contribution in [1.82, 2.24) is 10.2 Å². The number of benzene rings is 1. The van der Waals surface area contributed by atoms with E-state index in [1.807, 2.05) is 19.2 Å². The van der Waals surface area contributed by atoms with Crippen molar-refractivity contribution in [3.8, 4) is 0 Å². The van der Waals surface area contributed by atoms with Crippen LogP contribution in [0.15, 0.2) is 24.3 Å². The van der Waals surface area contributed by atoms with Gasteiger partial charge in [0.05, 0.1) is 6.54 Å². The largest absolute Gasteiger partial charge is 0.325 e. The Bertz CT molecular complexity index is 442. The molecular formula is C14H21Cl2N3O. The van der Waals surface area contributed by atoms with Crippen LogP contribution in [0.25, 0.3) is 0 Å². The molecule has 2 rings (SSSR count). The van der Waals surface area contributed by atoms with E-state index < -0.39 is 0 Å². The van der Waals surface area contributed by atoms with E-state index >= 15 is 0 Å². The summed E-state index contributed by atoms with van der Waals surface area (Å²) in [6, 6.07) is 7.22. The lowest BCUT2D eigenvalue weighted by atomic mass is 10.1. The van der Waals surface area contributed by atoms with Crippen molar-refractivity contribution in [2.45, 2.75) is 6.42 Å². The molecule has 1 aliphatic rings. The first-order valence-corrected chi connectivity index (χ1v) is 6.97. The second-order valence-electron chi connectivity index (χ2n) is 5.01. The van der Waals surface area contributed by atoms with Gasteiger partial charge in [-0.3, -0.25) is 9.69 Å². The molecule has 1 amide bonds. The Kier molecular flexibility index (Phi) is 7.30. The molecule has 1 aromatic carbocycles. The van der Waals surface area contributed by atoms with Gasteiger partial charge < -0.3 is 10.6 Å². The molecule has 0 saturated carbocycles. The predicted octanol–water partition coefficient (Wildman–Crippen LogP) is 2.24. The number of anilines is 1. The molecule has 1 heterocycles. The van der Waals surface area contributed by atoms with Gasteiger partial charge in [0.1, 0.15) is 0 Å². The number of hydrogen-bond donors (Lipinski definition) is 2. The second-order valence-corrected chi connectivity index (χ2v) is 5.44. The van der Waals surface area contributed by atoms with Gasteiger partial charge in [-0.05, 0) is 50.7 Å². The summed E-state index contributed by atoms with van der Waals surface area (Å²) < 4.78 is 0. The SMILES string of the molecule is CNCC1CCN(CC(=O)Nc2cccc(Cl)c2)C1.Cl. The van der Waals surface area contributed by atoms with Gasteiger partial charge in [0, 0.05) is 17.3 Å². The van der Waals surface area contributed by atoms with Crippen LogP contribution in [0.3, 0.4) is 0 Å². The maximum Gasteiger partial charge on any atom is 0.238 e. The monoisotopic (exact) mass is 317 g/mol. The average Bonchev–Trinajstić information content (AvgIpc) is 2.77. The number of carbonyl (C=O) groups excluding carboxylic acids is 1. The standard InChI is InChI=1S/C14H20ClN3O.ClH/c1-16-8-11-5-6-18(9-11)10-14(19)17-13-4-2-3-12(15)7-13;/h2-4,7,11,16H,5-6,8-10H2,1H3,(H,17,19);1H. The molecule has 0 aromatic heterocycles. The minimum absolute atomic E-state index is 0. The summed E-state index contributed by atoms with van der Waals surface area (Å²) in [5, 5.41) is 6.70. The number of nitrogens with one attached hydrogen (secondary N) is 2. The van der Waals surface area contributed by atoms with Crippen molar-refractivity contribution in [3.05, 3.63) is 29.3 Å². The topological polar surface area (TPSA) is 44.4 Å². The third-order valence-electron chi connectivity index (χ3n) is 3.34. The zero-order valence-electron chi connectivity index (χ0n) is 11.6. The van der Waals surface area contributed by atoms with Crippen LogP contribution in [0, 0.1) is 5.92 Å². The van der Waals surface area contributed by atoms with Gasteiger partial charge in [-0.1, -0.05) is 17.7 Å². The molecule has 2 N–H and O–H groups in total. The molecule has 0 spiro atoms. The Labute approximate surface area is 131 Å². The van der Waals surface area contributed by atoms with Crippen molar-refractivity contribution in [2.75, 3.05) is 38.5 Å². The fraction of sp³-hybridized carbons (Fsp3) is 0.500. The van der Waals surface area contributed by atoms with Gasteiger partial charge >= 0.3 is 0 Å². The van der Waals surface area contributed by atoms with E-state index in [0.717, 1.165) is 31.7 Å². The normalized spacial score (nSPS) is 18.6. The summed E-state index contributed by atoms with van der Waals surface area (Å²) in [6.45, 7) is 3.46. The Balaban J connectivity index is 0.00000200. The van der Waals surface area contributed by atoms with Crippen LogP contribution in [0.4, 0.5) is 5.69 Å². The summed E-state index contributed by atoms with van der Waals surface area (Å²) in [6.07, 6.45) is 1.16. The first-order chi connectivity index (χ1) is 9.17. The number of halogens is 2. The highest BCUT2D eigenvalue weighted by molar-refractivity contribution is 6.30. The molecule has 1 aromatic rings. The zero-order valence-corrected chi connectivity index (χ0v) is 13.1. The van der Waals surface area contributed by atoms with Crippen LogP contribution >= 0.6 is 24.0 Å². The van der Waals surface area contributed by atoms with E-state index in [0.29, 0.717) is 17.5 Å². The molecule has 6 heteroatoms. The molecule has 1 aliphatic heterocycles. The first-order valence-electron chi connectivity index (χ1n) is 6.60. The predicted molar refractivity (Wildman–Crippen MR) is 85.8 cm³/mol. The minimum Gasteiger partial charge on any atom is -0.325 e. The van der Waals surface area contributed by atoms with Crippen molar-refractivity contribution in [2.24, 2.45) is 5.92 Å². The van der Waals surface area contributed by atoms with Crippen molar-refractivity contribution >= 4 is 35.6 Å². The lowest BCUT2D eigenvalue weighted by molar-refractivity contribution is -0.117. The van der Waals surface area contributed by atoms with E-state index in [1.54, 1.807) is 12.1 Å². The molecule has 0 aliphatic carbocycles. The number of hydrogen-bond acceptors (Lipinski definition) is 3. The summed E-state index contributed by atoms with van der Waals surface area (Å²) in [7, 11) is 1.97. The quantitative estimate of drug-likeness (QED) is 0.875. The molecule has 1 saturated heterocycles. The van der Waals surface area contributed by atoms with Gasteiger partial charge in [0.15, 0.2) is 0 Å². The number of nitrogens with zero attached hydrogens (tertiary/aromatic N) is 1. The molecule has 112 valence electrons. The second kappa shape index (κ2) is 8.47. The smallest absolute Gasteiger partial charge is 0.238 e. The zero-order chi connectivity index (χ0) is 13.7. The minimum atomic E-state index is 0. The molecule has 1 fully saturated rings. The molecule has 4 nitrogen and oxygen atoms in total. The summed E-state index contributed by atoms with van der Waals surface area (Å²) in [5.41, 5.74) is 0.753. The van der Waals surface area contributed by atoms with Crippen molar-refractivity contribution < 1.29 is 4.79 Å². The van der Waals surface area contributed by atoms with E-state index in [1.165, 1.54) is 0 Å². The van der Waals surface area contributed by atoms with Gasteiger partial charge in [-0.25, -0.2) is 0 Å². The van der Waals surface area contributed by atoms with Gasteiger partial charge in [-0.2, -0.15) is 0 Å². The molecule has 1 atom stereocenters. The third-order valence-corrected chi connectivity index (χ3v) is 3.57. The van der Waals surface area contributed by atoms with Gasteiger partial charge in [0.25, 0.3) is 0 Å². The fourth-order valence-electron chi connectivity index (χ4n) is 2.48. The Morgan fingerprint density at radius 2 is 2.30 bits per heavy atom. The maximum absolute atomic E-state index is 11.9. The molecule has 0 radical (unpaired) electrons. The van der Waals surface area contributed by atoms with Crippen LogP contribution in [0.1, 0.15) is 6.42 Å². The fourth-order valence-corrected chi connectivity index (χ4v) is 2.67. The molecular weight excluding hydrogens is 297 g/mol. The van der Waals surface area contributed by atoms with Crippen LogP contribution < -0.4 is 10.6 Å². The Morgan fingerprint density at radius 1 is 1.50 bits per heavy atom. The molecule has 20 heavy (non-hydrogen) atoms. The van der Waals surface area contributed by atoms with Gasteiger partial charge in [0.2, 0.25) is 5.91 Å². The lowest BCUT2D eigenvalue weighted by Gasteiger charge is -2.15. The number of likely N-dealkylation sites (tertiary alicyclic amines) is 1. The van der Waals surface area contributed by atoms with Crippen LogP contribution in [-0.4, -0.2) is 44.0 Å². The van der Waals surface area contributed by atoms with Crippen LogP contribution in [-0.2, 0) is 4.79 Å². The average molecular weight is 318 g/mol. The number of rotatable bonds is 5. The van der Waals surface area contributed by atoms with E-state index in [9.17, 15) is 4.79 Å². The Hall–Kier alpha value is -0.810. The highest BCUT2D eigenvalue weighted by Gasteiger charge is 2.23. The van der Waals surface area contributed by atoms with Gasteiger partial charge in [-0.15, -0.1) is 12.4 Å². The first kappa shape index (κ1) is 17.2. The van der Waals surface area contributed by atoms with E-state index in [2.05, 4.69) is 15.5 Å². The highest BCUT2D eigenvalue weighted by atomic mass is 35.5. The van der Waals surface area contributed by atoms with Crippen LogP contribution in [0.5, 0.6) is 0 Å². The lowest BCUT2D eigenvalue weighted by Crippen LogP contribution is -2.32. The van der Waals surface area contributed by atoms with Crippen LogP contribution in [0.2, 0.25) is 5.02 Å². The third kappa shape index (κ3) is 5.29.